The Morgan fingerprint density at radius 1 is 1.00 bits per heavy atom. The van der Waals surface area contributed by atoms with Crippen LogP contribution < -0.4 is 0 Å². The van der Waals surface area contributed by atoms with Gasteiger partial charge in [0.1, 0.15) is 0 Å². The number of halogens is 2. The third-order valence-corrected chi connectivity index (χ3v) is 3.28. The third kappa shape index (κ3) is 2.83. The molecule has 0 heterocycles. The lowest BCUT2D eigenvalue weighted by Crippen LogP contribution is -2.26. The van der Waals surface area contributed by atoms with E-state index in [4.69, 9.17) is 23.2 Å². The highest BCUT2D eigenvalue weighted by atomic mass is 35.5. The van der Waals surface area contributed by atoms with E-state index in [1.165, 1.54) is 0 Å². The van der Waals surface area contributed by atoms with Gasteiger partial charge in [0.15, 0.2) is 0 Å². The van der Waals surface area contributed by atoms with Gasteiger partial charge in [-0.3, -0.25) is 0 Å². The molecule has 2 heteroatoms. The maximum absolute atomic E-state index is 6.07. The molecule has 0 aromatic heterocycles. The van der Waals surface area contributed by atoms with E-state index < -0.39 is 0 Å². The molecule has 0 nitrogen and oxygen atoms in total. The van der Waals surface area contributed by atoms with Crippen molar-refractivity contribution >= 4 is 23.2 Å². The predicted octanol–water partition coefficient (Wildman–Crippen LogP) is 3.66. The summed E-state index contributed by atoms with van der Waals surface area (Å²) < 4.78 is 0. The van der Waals surface area contributed by atoms with Gasteiger partial charge in [0.2, 0.25) is 0 Å². The average Bonchev–Trinajstić information content (AvgIpc) is 1.85. The Labute approximate surface area is 79.3 Å². The van der Waals surface area contributed by atoms with Crippen molar-refractivity contribution < 1.29 is 0 Å². The Morgan fingerprint density at radius 2 is 1.45 bits per heavy atom. The van der Waals surface area contributed by atoms with Gasteiger partial charge in [-0.05, 0) is 31.1 Å². The first-order chi connectivity index (χ1) is 5.09. The largest absolute Gasteiger partial charge is 0.123 e. The quantitative estimate of drug-likeness (QED) is 0.560. The summed E-state index contributed by atoms with van der Waals surface area (Å²) in [5, 5.41) is 0.636. The molecule has 0 radical (unpaired) electrons. The van der Waals surface area contributed by atoms with E-state index in [0.29, 0.717) is 10.8 Å². The fourth-order valence-corrected chi connectivity index (χ4v) is 2.75. The van der Waals surface area contributed by atoms with Crippen molar-refractivity contribution in [2.24, 2.45) is 11.8 Å². The first-order valence-electron chi connectivity index (χ1n) is 4.37. The van der Waals surface area contributed by atoms with Gasteiger partial charge in [-0.25, -0.2) is 0 Å². The standard InChI is InChI=1S/C9H16Cl2/c1-6(2)7-3-8(10)5-9(11)4-7/h6-9H,3-5H2,1-2H3. The zero-order valence-electron chi connectivity index (χ0n) is 7.19. The second-order valence-electron chi connectivity index (χ2n) is 3.91. The minimum atomic E-state index is 0.318. The molecule has 66 valence electrons. The van der Waals surface area contributed by atoms with Crippen LogP contribution in [0.4, 0.5) is 0 Å². The zero-order valence-corrected chi connectivity index (χ0v) is 8.70. The molecule has 2 unspecified atom stereocenters. The van der Waals surface area contributed by atoms with Gasteiger partial charge in [-0.1, -0.05) is 13.8 Å². The van der Waals surface area contributed by atoms with Crippen LogP contribution in [0.15, 0.2) is 0 Å². The molecule has 0 aromatic rings. The molecule has 1 rings (SSSR count). The van der Waals surface area contributed by atoms with Crippen LogP contribution in [0.3, 0.4) is 0 Å². The normalized spacial score (nSPS) is 39.5. The lowest BCUT2D eigenvalue weighted by atomic mass is 9.81. The van der Waals surface area contributed by atoms with Crippen molar-refractivity contribution in [3.05, 3.63) is 0 Å². The summed E-state index contributed by atoms with van der Waals surface area (Å²) >= 11 is 12.1. The first kappa shape index (κ1) is 9.67. The van der Waals surface area contributed by atoms with Gasteiger partial charge in [-0.15, -0.1) is 23.2 Å². The van der Waals surface area contributed by atoms with Crippen LogP contribution in [-0.4, -0.2) is 10.8 Å². The molecule has 2 atom stereocenters. The highest BCUT2D eigenvalue weighted by molar-refractivity contribution is 6.23. The molecule has 11 heavy (non-hydrogen) atoms. The number of hydrogen-bond donors (Lipinski definition) is 0. The van der Waals surface area contributed by atoms with Crippen LogP contribution in [-0.2, 0) is 0 Å². The molecule has 0 amide bonds. The van der Waals surface area contributed by atoms with Crippen molar-refractivity contribution in [3.8, 4) is 0 Å². The highest BCUT2D eigenvalue weighted by Crippen LogP contribution is 2.35. The van der Waals surface area contributed by atoms with Gasteiger partial charge in [0, 0.05) is 10.8 Å². The Morgan fingerprint density at radius 3 is 1.82 bits per heavy atom. The highest BCUT2D eigenvalue weighted by Gasteiger charge is 2.27. The average molecular weight is 195 g/mol. The SMILES string of the molecule is CC(C)C1CC(Cl)CC(Cl)C1. The molecule has 0 aromatic carbocycles. The summed E-state index contributed by atoms with van der Waals surface area (Å²) in [6, 6.07) is 0. The molecule has 1 aliphatic rings. The summed E-state index contributed by atoms with van der Waals surface area (Å²) in [4.78, 5) is 0. The summed E-state index contributed by atoms with van der Waals surface area (Å²) in [6.07, 6.45) is 3.30. The Kier molecular flexibility index (Phi) is 3.52. The zero-order chi connectivity index (χ0) is 8.43. The Balaban J connectivity index is 2.43. The minimum Gasteiger partial charge on any atom is -0.123 e. The second-order valence-corrected chi connectivity index (χ2v) is 5.14. The van der Waals surface area contributed by atoms with E-state index in [2.05, 4.69) is 13.8 Å². The van der Waals surface area contributed by atoms with Crippen molar-refractivity contribution in [2.45, 2.75) is 43.9 Å². The van der Waals surface area contributed by atoms with Crippen LogP contribution in [0.2, 0.25) is 0 Å². The molecule has 0 saturated heterocycles. The summed E-state index contributed by atoms with van der Waals surface area (Å²) in [5.74, 6) is 1.48. The lowest BCUT2D eigenvalue weighted by molar-refractivity contribution is 0.286. The monoisotopic (exact) mass is 194 g/mol. The maximum Gasteiger partial charge on any atom is 0.0352 e. The van der Waals surface area contributed by atoms with Crippen molar-refractivity contribution in [2.75, 3.05) is 0 Å². The second kappa shape index (κ2) is 4.00. The fraction of sp³-hybridized carbons (Fsp3) is 1.00. The molecule has 0 N–H and O–H groups in total. The van der Waals surface area contributed by atoms with Gasteiger partial charge >= 0.3 is 0 Å². The van der Waals surface area contributed by atoms with Gasteiger partial charge in [-0.2, -0.15) is 0 Å². The number of hydrogen-bond acceptors (Lipinski definition) is 0. The lowest BCUT2D eigenvalue weighted by Gasteiger charge is -2.31. The van der Waals surface area contributed by atoms with Crippen LogP contribution >= 0.6 is 23.2 Å². The van der Waals surface area contributed by atoms with E-state index in [9.17, 15) is 0 Å². The molecular formula is C9H16Cl2. The van der Waals surface area contributed by atoms with E-state index in [1.54, 1.807) is 0 Å². The molecule has 0 spiro atoms. The van der Waals surface area contributed by atoms with Crippen LogP contribution in [0.5, 0.6) is 0 Å². The molecular weight excluding hydrogens is 179 g/mol. The van der Waals surface area contributed by atoms with Crippen LogP contribution in [0.25, 0.3) is 0 Å². The molecule has 1 aliphatic carbocycles. The Bertz CT molecular complexity index is 113. The van der Waals surface area contributed by atoms with E-state index in [0.717, 1.165) is 31.1 Å². The fourth-order valence-electron chi connectivity index (χ4n) is 1.77. The first-order valence-corrected chi connectivity index (χ1v) is 5.25. The third-order valence-electron chi connectivity index (χ3n) is 2.57. The van der Waals surface area contributed by atoms with E-state index in [1.807, 2.05) is 0 Å². The van der Waals surface area contributed by atoms with E-state index in [-0.39, 0.29) is 0 Å². The van der Waals surface area contributed by atoms with Crippen molar-refractivity contribution in [3.63, 3.8) is 0 Å². The van der Waals surface area contributed by atoms with Crippen LogP contribution in [0, 0.1) is 11.8 Å². The number of alkyl halides is 2. The number of rotatable bonds is 1. The molecule has 1 saturated carbocycles. The summed E-state index contributed by atoms with van der Waals surface area (Å²) in [5.41, 5.74) is 0. The smallest absolute Gasteiger partial charge is 0.0352 e. The molecule has 0 aliphatic heterocycles. The van der Waals surface area contributed by atoms with Crippen LogP contribution in [0.1, 0.15) is 33.1 Å². The van der Waals surface area contributed by atoms with Gasteiger partial charge in [0.25, 0.3) is 0 Å². The van der Waals surface area contributed by atoms with Crippen molar-refractivity contribution in [1.29, 1.82) is 0 Å². The minimum absolute atomic E-state index is 0.318. The van der Waals surface area contributed by atoms with Gasteiger partial charge in [0.05, 0.1) is 0 Å². The summed E-state index contributed by atoms with van der Waals surface area (Å²) in [6.45, 7) is 4.51. The van der Waals surface area contributed by atoms with E-state index >= 15 is 0 Å². The summed E-state index contributed by atoms with van der Waals surface area (Å²) in [7, 11) is 0. The van der Waals surface area contributed by atoms with Gasteiger partial charge < -0.3 is 0 Å². The maximum atomic E-state index is 6.07. The molecule has 0 bridgehead atoms. The molecule has 1 fully saturated rings. The van der Waals surface area contributed by atoms with Crippen molar-refractivity contribution in [1.82, 2.24) is 0 Å². The Hall–Kier alpha value is 0.580. The topological polar surface area (TPSA) is 0 Å². The predicted molar refractivity (Wildman–Crippen MR) is 51.5 cm³/mol.